The van der Waals surface area contributed by atoms with Gasteiger partial charge in [0.1, 0.15) is 0 Å². The molecule has 8 aliphatic rings. The Kier molecular flexibility index (Phi) is 14.5. The van der Waals surface area contributed by atoms with E-state index in [0.29, 0.717) is 22.1 Å². The van der Waals surface area contributed by atoms with Gasteiger partial charge in [-0.3, -0.25) is 0 Å². The monoisotopic (exact) mass is 895 g/mol. The fourth-order valence-electron chi connectivity index (χ4n) is 15.4. The van der Waals surface area contributed by atoms with E-state index in [2.05, 4.69) is 122 Å². The second kappa shape index (κ2) is 19.2. The number of hydrogen-bond acceptors (Lipinski definition) is 0. The third-order valence-corrected chi connectivity index (χ3v) is 25.0. The Morgan fingerprint density at radius 2 is 0.951 bits per heavy atom. The minimum Gasteiger partial charge on any atom is -0.748 e. The molecule has 8 fully saturated rings. The molecule has 0 aliphatic heterocycles. The predicted octanol–water partition coefficient (Wildman–Crippen LogP) is 16.7. The fraction of sp³-hybridized carbons (Fsp3) is 0.621. The van der Waals surface area contributed by atoms with Crippen molar-refractivity contribution in [2.75, 3.05) is 0 Å². The molecule has 8 aliphatic carbocycles. The summed E-state index contributed by atoms with van der Waals surface area (Å²) in [5.41, 5.74) is 12.3. The van der Waals surface area contributed by atoms with Gasteiger partial charge in [0.25, 0.3) is 0 Å². The predicted molar refractivity (Wildman–Crippen MR) is 264 cm³/mol. The van der Waals surface area contributed by atoms with Gasteiger partial charge in [-0.25, -0.2) is 0 Å². The van der Waals surface area contributed by atoms with Crippen LogP contribution in [0, 0.1) is 47.3 Å². The van der Waals surface area contributed by atoms with Crippen molar-refractivity contribution in [2.45, 2.75) is 178 Å². The average Bonchev–Trinajstić information content (AvgIpc) is 3.88. The first-order valence-corrected chi connectivity index (χ1v) is 28.1. The SMILES string of the molecule is CC(Cc1c(CP(C(C)(C)C)C(C)(C)C)c(CP(C2C3CC4CC(C3)CC2C4)C2C3CC4CC(C3)CC2C4)c[c-]1CC(C)c1ccccc1)c1ccccc1.[Fe].[cH-]1[cH-][cH-][cH-][cH-]1. The molecule has 0 aromatic heterocycles. The van der Waals surface area contributed by atoms with Gasteiger partial charge in [0, 0.05) is 17.1 Å². The summed E-state index contributed by atoms with van der Waals surface area (Å²) in [6.07, 6.45) is 21.0. The van der Waals surface area contributed by atoms with Crippen molar-refractivity contribution >= 4 is 15.8 Å². The Morgan fingerprint density at radius 3 is 1.34 bits per heavy atom. The van der Waals surface area contributed by atoms with E-state index >= 15 is 0 Å². The van der Waals surface area contributed by atoms with E-state index in [1.54, 1.807) is 75.3 Å². The van der Waals surface area contributed by atoms with Crippen LogP contribution in [-0.2, 0) is 42.2 Å². The molecule has 0 heterocycles. The maximum absolute atomic E-state index is 2.90. The molecule has 2 unspecified atom stereocenters. The smallest absolute Gasteiger partial charge is 0 e. The van der Waals surface area contributed by atoms with Gasteiger partial charge >= 0.3 is 0 Å². The Labute approximate surface area is 386 Å². The topological polar surface area (TPSA) is 0 Å². The normalized spacial score (nSPS) is 31.4. The van der Waals surface area contributed by atoms with Gasteiger partial charge in [0.05, 0.1) is 0 Å². The van der Waals surface area contributed by atoms with Gasteiger partial charge in [0.2, 0.25) is 0 Å². The fourth-order valence-corrected chi connectivity index (χ4v) is 23.7. The van der Waals surface area contributed by atoms with Crippen molar-refractivity contribution in [3.8, 4) is 0 Å². The van der Waals surface area contributed by atoms with E-state index in [1.807, 2.05) is 41.5 Å². The Balaban J connectivity index is 0.000000800. The maximum atomic E-state index is 2.90. The Hall–Kier alpha value is -1.48. The van der Waals surface area contributed by atoms with Crippen molar-refractivity contribution in [3.05, 3.63) is 130 Å². The van der Waals surface area contributed by atoms with Gasteiger partial charge in [-0.1, -0.05) is 135 Å². The van der Waals surface area contributed by atoms with Crippen LogP contribution in [-0.4, -0.2) is 21.6 Å². The standard InChI is InChI=1S/C53H75P2.C5H5.Fe/c1-34(40-15-11-9-12-16-40)19-42-31-47(49(33-55(52(3,4)5)53(6,7)8)48(42)20-35(2)41-17-13-10-14-18-41)32-54(50-43-23-36-21-37(25-43)26-44(50)24-36)51-45-27-38-22-39(29-45)30-46(51)28-38;1-2-4-5-3-1;/h9-18,31,34-39,43-46,50-51H,19-30,32-33H2,1-8H3;1-5H;/q-1;-5;. The van der Waals surface area contributed by atoms with Crippen molar-refractivity contribution in [2.24, 2.45) is 47.3 Å². The van der Waals surface area contributed by atoms with Crippen LogP contribution in [0.5, 0.6) is 0 Å². The zero-order chi connectivity index (χ0) is 41.8. The molecular formula is C58H80FeP2-6. The Morgan fingerprint density at radius 1 is 0.557 bits per heavy atom. The molecule has 0 spiro atoms. The van der Waals surface area contributed by atoms with Crippen molar-refractivity contribution in [1.82, 2.24) is 0 Å². The first-order chi connectivity index (χ1) is 28.8. The third kappa shape index (κ3) is 10.2. The average molecular weight is 895 g/mol. The summed E-state index contributed by atoms with van der Waals surface area (Å²) >= 11 is 0. The molecule has 0 nitrogen and oxygen atoms in total. The van der Waals surface area contributed by atoms with Gasteiger partial charge in [-0.05, 0) is 163 Å². The van der Waals surface area contributed by atoms with Crippen LogP contribution in [0.2, 0.25) is 0 Å². The molecular weight excluding hydrogens is 814 g/mol. The van der Waals surface area contributed by atoms with Crippen molar-refractivity contribution in [1.29, 1.82) is 0 Å². The summed E-state index contributed by atoms with van der Waals surface area (Å²) < 4.78 is 0. The number of benzene rings is 2. The van der Waals surface area contributed by atoms with Crippen LogP contribution in [0.25, 0.3) is 0 Å². The van der Waals surface area contributed by atoms with Gasteiger partial charge in [0.15, 0.2) is 0 Å². The number of hydrogen-bond donors (Lipinski definition) is 0. The second-order valence-corrected chi connectivity index (χ2v) is 30.0. The number of rotatable bonds is 12. The molecule has 2 atom stereocenters. The van der Waals surface area contributed by atoms with Gasteiger partial charge in [-0.2, -0.15) is 28.3 Å². The van der Waals surface area contributed by atoms with E-state index in [-0.39, 0.29) is 32.9 Å². The Bertz CT molecular complexity index is 1830. The molecule has 336 valence electrons. The van der Waals surface area contributed by atoms with Crippen molar-refractivity contribution in [3.63, 3.8) is 0 Å². The first-order valence-electron chi connectivity index (χ1n) is 24.9. The summed E-state index contributed by atoms with van der Waals surface area (Å²) in [6.45, 7) is 20.5. The van der Waals surface area contributed by atoms with Crippen LogP contribution >= 0.6 is 15.8 Å². The van der Waals surface area contributed by atoms with E-state index in [9.17, 15) is 0 Å². The van der Waals surface area contributed by atoms with Crippen LogP contribution in [0.4, 0.5) is 0 Å². The van der Waals surface area contributed by atoms with E-state index in [1.165, 1.54) is 36.3 Å². The molecule has 8 saturated carbocycles. The van der Waals surface area contributed by atoms with Crippen LogP contribution in [0.3, 0.4) is 0 Å². The van der Waals surface area contributed by atoms with E-state index in [0.717, 1.165) is 58.7 Å². The maximum Gasteiger partial charge on any atom is 0 e. The third-order valence-electron chi connectivity index (χ3n) is 17.2. The zero-order valence-corrected chi connectivity index (χ0v) is 42.2. The molecule has 0 N–H and O–H groups in total. The van der Waals surface area contributed by atoms with Crippen LogP contribution in [0.15, 0.2) is 97.1 Å². The molecule has 0 saturated heterocycles. The largest absolute Gasteiger partial charge is 0.748 e. The van der Waals surface area contributed by atoms with Crippen LogP contribution in [0.1, 0.15) is 165 Å². The van der Waals surface area contributed by atoms with Crippen molar-refractivity contribution < 1.29 is 17.1 Å². The first kappa shape index (κ1) is 46.1. The van der Waals surface area contributed by atoms with Gasteiger partial charge < -0.3 is 30.3 Å². The second-order valence-electron chi connectivity index (χ2n) is 23.6. The molecule has 4 aromatic carbocycles. The molecule has 0 radical (unpaired) electrons. The molecule has 61 heavy (non-hydrogen) atoms. The summed E-state index contributed by atoms with van der Waals surface area (Å²) in [5, 5.41) is 0.630. The molecule has 12 rings (SSSR count). The summed E-state index contributed by atoms with van der Waals surface area (Å²) in [4.78, 5) is 0. The molecule has 3 heteroatoms. The van der Waals surface area contributed by atoms with E-state index < -0.39 is 0 Å². The molecule has 8 bridgehead atoms. The molecule has 4 aromatic rings. The quantitative estimate of drug-likeness (QED) is 0.0755. The zero-order valence-electron chi connectivity index (χ0n) is 39.3. The summed E-state index contributed by atoms with van der Waals surface area (Å²) in [5.74, 6) is 9.54. The van der Waals surface area contributed by atoms with Crippen LogP contribution < -0.4 is 0 Å². The summed E-state index contributed by atoms with van der Waals surface area (Å²) in [6, 6.07) is 35.9. The van der Waals surface area contributed by atoms with Gasteiger partial charge in [-0.15, -0.1) is 15.8 Å². The van der Waals surface area contributed by atoms with E-state index in [4.69, 9.17) is 0 Å². The molecule has 0 amide bonds. The minimum atomic E-state index is -0.248. The minimum absolute atomic E-state index is 0. The summed E-state index contributed by atoms with van der Waals surface area (Å²) in [7, 11) is -0.302.